The van der Waals surface area contributed by atoms with Crippen molar-refractivity contribution < 1.29 is 0 Å². The van der Waals surface area contributed by atoms with E-state index in [1.54, 1.807) is 0 Å². The summed E-state index contributed by atoms with van der Waals surface area (Å²) in [7, 11) is 0. The Hall–Kier alpha value is -2.34. The van der Waals surface area contributed by atoms with E-state index in [1.807, 2.05) is 36.4 Å². The normalized spacial score (nSPS) is 9.50. The van der Waals surface area contributed by atoms with Gasteiger partial charge in [-0.15, -0.1) is 0 Å². The summed E-state index contributed by atoms with van der Waals surface area (Å²) in [6.45, 7) is 4.30. The van der Waals surface area contributed by atoms with E-state index in [1.165, 1.54) is 22.3 Å². The molecule has 0 bridgehead atoms. The van der Waals surface area contributed by atoms with Gasteiger partial charge < -0.3 is 0 Å². The van der Waals surface area contributed by atoms with Crippen molar-refractivity contribution in [1.29, 1.82) is 0 Å². The van der Waals surface area contributed by atoms with E-state index in [9.17, 15) is 0 Å². The van der Waals surface area contributed by atoms with Crippen LogP contribution in [0.4, 0.5) is 0 Å². The Balaban J connectivity index is 0.000000205. The molecule has 0 saturated carbocycles. The minimum absolute atomic E-state index is 1.29. The summed E-state index contributed by atoms with van der Waals surface area (Å²) >= 11 is 0. The van der Waals surface area contributed by atoms with Crippen molar-refractivity contribution in [3.63, 3.8) is 0 Å². The standard InChI is InChI=1S/C14H14.C6H5/c1-11-8-9-14(10-12(11)2)13-6-4-3-5-7-13;1-2-4-6-5-3-1/h3-10H,1-2H3;1-5H. The third-order valence-corrected chi connectivity index (χ3v) is 3.22. The van der Waals surface area contributed by atoms with Crippen LogP contribution >= 0.6 is 0 Å². The first-order chi connectivity index (χ1) is 9.77. The van der Waals surface area contributed by atoms with Gasteiger partial charge in [-0.1, -0.05) is 78.9 Å². The van der Waals surface area contributed by atoms with Gasteiger partial charge in [0.25, 0.3) is 0 Å². The van der Waals surface area contributed by atoms with Crippen LogP contribution in [-0.4, -0.2) is 0 Å². The molecular formula is C20H19. The van der Waals surface area contributed by atoms with Crippen molar-refractivity contribution in [3.8, 4) is 11.1 Å². The maximum absolute atomic E-state index is 2.89. The van der Waals surface area contributed by atoms with Crippen LogP contribution in [0.1, 0.15) is 11.1 Å². The molecule has 99 valence electrons. The van der Waals surface area contributed by atoms with Crippen LogP contribution in [0, 0.1) is 19.9 Å². The summed E-state index contributed by atoms with van der Waals surface area (Å²) in [6, 6.07) is 29.6. The molecule has 1 radical (unpaired) electrons. The first-order valence-corrected chi connectivity index (χ1v) is 6.81. The zero-order valence-electron chi connectivity index (χ0n) is 12.0. The minimum Gasteiger partial charge on any atom is -0.0622 e. The lowest BCUT2D eigenvalue weighted by Crippen LogP contribution is -1.82. The smallest absolute Gasteiger partial charge is 0.0181 e. The van der Waals surface area contributed by atoms with Crippen LogP contribution < -0.4 is 0 Å². The van der Waals surface area contributed by atoms with E-state index < -0.39 is 0 Å². The maximum Gasteiger partial charge on any atom is -0.0181 e. The summed E-state index contributed by atoms with van der Waals surface area (Å²) in [6.07, 6.45) is 0. The van der Waals surface area contributed by atoms with Crippen LogP contribution in [0.5, 0.6) is 0 Å². The Bertz CT molecular complexity index is 598. The molecule has 0 amide bonds. The van der Waals surface area contributed by atoms with Crippen molar-refractivity contribution in [2.24, 2.45) is 0 Å². The molecule has 3 rings (SSSR count). The Morgan fingerprint density at radius 3 is 1.75 bits per heavy atom. The van der Waals surface area contributed by atoms with E-state index >= 15 is 0 Å². The third kappa shape index (κ3) is 4.10. The fourth-order valence-electron chi connectivity index (χ4n) is 1.89. The lowest BCUT2D eigenvalue weighted by molar-refractivity contribution is 1.34. The molecule has 0 spiro atoms. The van der Waals surface area contributed by atoms with E-state index in [0.717, 1.165) is 0 Å². The predicted octanol–water partition coefficient (Wildman–Crippen LogP) is 5.46. The molecule has 3 aromatic rings. The summed E-state index contributed by atoms with van der Waals surface area (Å²) in [5.74, 6) is 0. The largest absolute Gasteiger partial charge is 0.0622 e. The van der Waals surface area contributed by atoms with Gasteiger partial charge in [-0.05, 0) is 42.2 Å². The molecule has 0 aliphatic heterocycles. The number of aryl methyl sites for hydroxylation is 2. The van der Waals surface area contributed by atoms with Gasteiger partial charge in [0, 0.05) is 0 Å². The summed E-state index contributed by atoms with van der Waals surface area (Å²) in [4.78, 5) is 0. The lowest BCUT2D eigenvalue weighted by atomic mass is 10.0. The van der Waals surface area contributed by atoms with Crippen molar-refractivity contribution in [2.75, 3.05) is 0 Å². The zero-order chi connectivity index (χ0) is 14.2. The van der Waals surface area contributed by atoms with Crippen LogP contribution in [0.15, 0.2) is 78.9 Å². The summed E-state index contributed by atoms with van der Waals surface area (Å²) < 4.78 is 0. The molecule has 0 aromatic heterocycles. The average molecular weight is 259 g/mol. The molecular weight excluding hydrogens is 240 g/mol. The van der Waals surface area contributed by atoms with Crippen molar-refractivity contribution in [2.45, 2.75) is 13.8 Å². The maximum atomic E-state index is 2.89. The predicted molar refractivity (Wildman–Crippen MR) is 86.6 cm³/mol. The molecule has 0 aliphatic rings. The quantitative estimate of drug-likeness (QED) is 0.544. The second kappa shape index (κ2) is 7.30. The highest BCUT2D eigenvalue weighted by Crippen LogP contribution is 2.21. The second-order valence-corrected chi connectivity index (χ2v) is 4.74. The highest BCUT2D eigenvalue weighted by Gasteiger charge is 1.97. The molecule has 0 N–H and O–H groups in total. The lowest BCUT2D eigenvalue weighted by Gasteiger charge is -2.04. The Morgan fingerprint density at radius 1 is 0.600 bits per heavy atom. The van der Waals surface area contributed by atoms with Gasteiger partial charge in [0.2, 0.25) is 0 Å². The van der Waals surface area contributed by atoms with Gasteiger partial charge in [-0.2, -0.15) is 0 Å². The van der Waals surface area contributed by atoms with Crippen LogP contribution in [0.2, 0.25) is 0 Å². The molecule has 0 atom stereocenters. The highest BCUT2D eigenvalue weighted by molar-refractivity contribution is 5.64. The molecule has 0 heterocycles. The fraction of sp³-hybridized carbons (Fsp3) is 0.100. The minimum atomic E-state index is 1.29. The second-order valence-electron chi connectivity index (χ2n) is 4.74. The number of hydrogen-bond acceptors (Lipinski definition) is 0. The van der Waals surface area contributed by atoms with Gasteiger partial charge >= 0.3 is 0 Å². The molecule has 20 heavy (non-hydrogen) atoms. The van der Waals surface area contributed by atoms with Crippen molar-refractivity contribution in [1.82, 2.24) is 0 Å². The van der Waals surface area contributed by atoms with Gasteiger partial charge in [0.15, 0.2) is 0 Å². The Kier molecular flexibility index (Phi) is 5.14. The van der Waals surface area contributed by atoms with Gasteiger partial charge in [-0.3, -0.25) is 0 Å². The fourth-order valence-corrected chi connectivity index (χ4v) is 1.89. The zero-order valence-corrected chi connectivity index (χ0v) is 12.0. The first kappa shape index (κ1) is 14.1. The number of hydrogen-bond donors (Lipinski definition) is 0. The first-order valence-electron chi connectivity index (χ1n) is 6.81. The monoisotopic (exact) mass is 259 g/mol. The van der Waals surface area contributed by atoms with Gasteiger partial charge in [0.05, 0.1) is 0 Å². The molecule has 0 saturated heterocycles. The van der Waals surface area contributed by atoms with Crippen molar-refractivity contribution in [3.05, 3.63) is 96.1 Å². The number of benzene rings is 3. The van der Waals surface area contributed by atoms with Gasteiger partial charge in [0.1, 0.15) is 0 Å². The molecule has 0 fully saturated rings. The number of rotatable bonds is 1. The van der Waals surface area contributed by atoms with Gasteiger partial charge in [-0.25, -0.2) is 0 Å². The molecule has 0 unspecified atom stereocenters. The highest BCUT2D eigenvalue weighted by atomic mass is 14.0. The molecule has 0 aliphatic carbocycles. The average Bonchev–Trinajstić information content (AvgIpc) is 2.53. The molecule has 0 nitrogen and oxygen atoms in total. The summed E-state index contributed by atoms with van der Waals surface area (Å²) in [5, 5.41) is 0. The Labute approximate surface area is 121 Å². The molecule has 0 heteroatoms. The van der Waals surface area contributed by atoms with E-state index in [-0.39, 0.29) is 0 Å². The SMILES string of the molecule is Cc1ccc(-c2ccccc2)cc1C.[c]1ccccc1. The summed E-state index contributed by atoms with van der Waals surface area (Å²) in [5.41, 5.74) is 5.29. The third-order valence-electron chi connectivity index (χ3n) is 3.22. The van der Waals surface area contributed by atoms with Crippen LogP contribution in [-0.2, 0) is 0 Å². The van der Waals surface area contributed by atoms with Crippen molar-refractivity contribution >= 4 is 0 Å². The van der Waals surface area contributed by atoms with Crippen LogP contribution in [0.3, 0.4) is 0 Å². The van der Waals surface area contributed by atoms with E-state index in [2.05, 4.69) is 62.4 Å². The van der Waals surface area contributed by atoms with Crippen LogP contribution in [0.25, 0.3) is 11.1 Å². The van der Waals surface area contributed by atoms with E-state index in [4.69, 9.17) is 0 Å². The topological polar surface area (TPSA) is 0 Å². The molecule has 3 aromatic carbocycles. The van der Waals surface area contributed by atoms with E-state index in [0.29, 0.717) is 0 Å². The Morgan fingerprint density at radius 2 is 1.25 bits per heavy atom.